The van der Waals surface area contributed by atoms with Gasteiger partial charge in [-0.3, -0.25) is 14.3 Å². The number of nitrogens with one attached hydrogen (secondary N) is 2. The highest BCUT2D eigenvalue weighted by atomic mass is 16.2. The van der Waals surface area contributed by atoms with Gasteiger partial charge in [0.1, 0.15) is 0 Å². The molecule has 0 radical (unpaired) electrons. The number of nitrogens with zero attached hydrogens (tertiary/aromatic N) is 2. The standard InChI is InChI=1S/C16H26N4O2/c1-3-10-17-16(22)14-13(11-20(4-2)19-14)18-15(21)12-8-6-5-7-9-12/h11-12H,3-10H2,1-2H3,(H,17,22)(H,18,21). The second-order valence-electron chi connectivity index (χ2n) is 5.83. The molecular weight excluding hydrogens is 280 g/mol. The number of hydrogen-bond donors (Lipinski definition) is 2. The van der Waals surface area contributed by atoms with E-state index in [0.717, 1.165) is 32.1 Å². The summed E-state index contributed by atoms with van der Waals surface area (Å²) in [6, 6.07) is 0. The smallest absolute Gasteiger partial charge is 0.273 e. The molecule has 0 bridgehead atoms. The van der Waals surface area contributed by atoms with Crippen LogP contribution in [0.2, 0.25) is 0 Å². The molecule has 1 fully saturated rings. The fraction of sp³-hybridized carbons (Fsp3) is 0.688. The van der Waals surface area contributed by atoms with Gasteiger partial charge in [0.15, 0.2) is 5.69 Å². The van der Waals surface area contributed by atoms with Crippen LogP contribution in [0.15, 0.2) is 6.20 Å². The zero-order valence-corrected chi connectivity index (χ0v) is 13.5. The van der Waals surface area contributed by atoms with Crippen LogP contribution in [0, 0.1) is 5.92 Å². The molecule has 1 aliphatic rings. The van der Waals surface area contributed by atoms with Crippen molar-refractivity contribution < 1.29 is 9.59 Å². The first-order chi connectivity index (χ1) is 10.7. The molecule has 0 atom stereocenters. The molecule has 0 aliphatic heterocycles. The largest absolute Gasteiger partial charge is 0.351 e. The Labute approximate surface area is 131 Å². The molecule has 0 saturated heterocycles. The van der Waals surface area contributed by atoms with Gasteiger partial charge in [0.2, 0.25) is 5.91 Å². The Kier molecular flexibility index (Phi) is 5.98. The molecule has 2 N–H and O–H groups in total. The van der Waals surface area contributed by atoms with Crippen molar-refractivity contribution >= 4 is 17.5 Å². The van der Waals surface area contributed by atoms with Crippen LogP contribution < -0.4 is 10.6 Å². The van der Waals surface area contributed by atoms with Gasteiger partial charge in [0.05, 0.1) is 5.69 Å². The molecule has 122 valence electrons. The second kappa shape index (κ2) is 7.96. The van der Waals surface area contributed by atoms with Gasteiger partial charge < -0.3 is 10.6 Å². The first-order valence-corrected chi connectivity index (χ1v) is 8.32. The summed E-state index contributed by atoms with van der Waals surface area (Å²) < 4.78 is 1.68. The third-order valence-corrected chi connectivity index (χ3v) is 4.07. The summed E-state index contributed by atoms with van der Waals surface area (Å²) in [4.78, 5) is 24.5. The van der Waals surface area contributed by atoms with Crippen LogP contribution in [0.4, 0.5) is 5.69 Å². The van der Waals surface area contributed by atoms with Crippen molar-refractivity contribution in [2.45, 2.75) is 58.9 Å². The minimum Gasteiger partial charge on any atom is -0.351 e. The summed E-state index contributed by atoms with van der Waals surface area (Å²) in [6.07, 6.45) is 7.90. The maximum atomic E-state index is 12.4. The zero-order valence-electron chi connectivity index (χ0n) is 13.5. The average molecular weight is 306 g/mol. The molecule has 22 heavy (non-hydrogen) atoms. The predicted octanol–water partition coefficient (Wildman–Crippen LogP) is 2.56. The van der Waals surface area contributed by atoms with Crippen LogP contribution in [-0.4, -0.2) is 28.1 Å². The van der Waals surface area contributed by atoms with Crippen molar-refractivity contribution in [1.29, 1.82) is 0 Å². The number of carbonyl (C=O) groups is 2. The Bertz CT molecular complexity index is 518. The van der Waals surface area contributed by atoms with E-state index in [1.807, 2.05) is 13.8 Å². The minimum absolute atomic E-state index is 0.0138. The first kappa shape index (κ1) is 16.5. The topological polar surface area (TPSA) is 76.0 Å². The lowest BCUT2D eigenvalue weighted by atomic mass is 9.88. The van der Waals surface area contributed by atoms with Gasteiger partial charge in [-0.25, -0.2) is 0 Å². The molecule has 0 unspecified atom stereocenters. The van der Waals surface area contributed by atoms with Gasteiger partial charge in [-0.2, -0.15) is 5.10 Å². The van der Waals surface area contributed by atoms with Gasteiger partial charge >= 0.3 is 0 Å². The SMILES string of the molecule is CCCNC(=O)c1nn(CC)cc1NC(=O)C1CCCCC1. The van der Waals surface area contributed by atoms with Crippen LogP contribution in [0.1, 0.15) is 62.9 Å². The average Bonchev–Trinajstić information content (AvgIpc) is 2.96. The van der Waals surface area contributed by atoms with E-state index in [9.17, 15) is 9.59 Å². The van der Waals surface area contributed by atoms with Crippen LogP contribution in [0.5, 0.6) is 0 Å². The summed E-state index contributed by atoms with van der Waals surface area (Å²) >= 11 is 0. The summed E-state index contributed by atoms with van der Waals surface area (Å²) in [6.45, 7) is 5.21. The number of amides is 2. The highest BCUT2D eigenvalue weighted by Crippen LogP contribution is 2.25. The molecule has 1 aromatic rings. The van der Waals surface area contributed by atoms with Crippen molar-refractivity contribution in [3.63, 3.8) is 0 Å². The Morgan fingerprint density at radius 2 is 2.00 bits per heavy atom. The number of anilines is 1. The van der Waals surface area contributed by atoms with Crippen molar-refractivity contribution in [3.8, 4) is 0 Å². The van der Waals surface area contributed by atoms with Gasteiger partial charge in [-0.05, 0) is 26.2 Å². The monoisotopic (exact) mass is 306 g/mol. The third kappa shape index (κ3) is 4.08. The summed E-state index contributed by atoms with van der Waals surface area (Å²) in [7, 11) is 0. The molecule has 0 spiro atoms. The van der Waals surface area contributed by atoms with Gasteiger partial charge in [0.25, 0.3) is 5.91 Å². The van der Waals surface area contributed by atoms with E-state index < -0.39 is 0 Å². The number of hydrogen-bond acceptors (Lipinski definition) is 3. The molecule has 1 heterocycles. The van der Waals surface area contributed by atoms with E-state index in [0.29, 0.717) is 24.5 Å². The summed E-state index contributed by atoms with van der Waals surface area (Å²) in [5, 5.41) is 9.99. The van der Waals surface area contributed by atoms with Crippen LogP contribution in [0.3, 0.4) is 0 Å². The van der Waals surface area contributed by atoms with Crippen molar-refractivity contribution in [3.05, 3.63) is 11.9 Å². The molecular formula is C16H26N4O2. The summed E-state index contributed by atoms with van der Waals surface area (Å²) in [5.41, 5.74) is 0.825. The molecule has 6 nitrogen and oxygen atoms in total. The van der Waals surface area contributed by atoms with E-state index in [2.05, 4.69) is 15.7 Å². The maximum Gasteiger partial charge on any atom is 0.273 e. The van der Waals surface area contributed by atoms with E-state index >= 15 is 0 Å². The van der Waals surface area contributed by atoms with Crippen LogP contribution >= 0.6 is 0 Å². The Morgan fingerprint density at radius 3 is 2.64 bits per heavy atom. The molecule has 1 aliphatic carbocycles. The number of carbonyl (C=O) groups excluding carboxylic acids is 2. The summed E-state index contributed by atoms with van der Waals surface area (Å²) in [5.74, 6) is -0.154. The third-order valence-electron chi connectivity index (χ3n) is 4.07. The Balaban J connectivity index is 2.09. The second-order valence-corrected chi connectivity index (χ2v) is 5.83. The fourth-order valence-corrected chi connectivity index (χ4v) is 2.76. The Hall–Kier alpha value is -1.85. The number of aromatic nitrogens is 2. The van der Waals surface area contributed by atoms with E-state index in [1.54, 1.807) is 10.9 Å². The molecule has 2 rings (SSSR count). The van der Waals surface area contributed by atoms with E-state index in [4.69, 9.17) is 0 Å². The van der Waals surface area contributed by atoms with Gasteiger partial charge in [-0.15, -0.1) is 0 Å². The quantitative estimate of drug-likeness (QED) is 0.848. The molecule has 1 aromatic heterocycles. The molecule has 1 saturated carbocycles. The first-order valence-electron chi connectivity index (χ1n) is 8.32. The lowest BCUT2D eigenvalue weighted by Gasteiger charge is -2.20. The molecule has 0 aromatic carbocycles. The normalized spacial score (nSPS) is 15.5. The lowest BCUT2D eigenvalue weighted by molar-refractivity contribution is -0.120. The maximum absolute atomic E-state index is 12.4. The van der Waals surface area contributed by atoms with E-state index in [-0.39, 0.29) is 17.7 Å². The fourth-order valence-electron chi connectivity index (χ4n) is 2.76. The molecule has 2 amide bonds. The highest BCUT2D eigenvalue weighted by Gasteiger charge is 2.24. The minimum atomic E-state index is -0.229. The number of rotatable bonds is 6. The van der Waals surface area contributed by atoms with Gasteiger partial charge in [-0.1, -0.05) is 26.2 Å². The highest BCUT2D eigenvalue weighted by molar-refractivity contribution is 6.02. The van der Waals surface area contributed by atoms with Gasteiger partial charge in [0, 0.05) is 25.2 Å². The van der Waals surface area contributed by atoms with E-state index in [1.165, 1.54) is 6.42 Å². The zero-order chi connectivity index (χ0) is 15.9. The predicted molar refractivity (Wildman–Crippen MR) is 85.7 cm³/mol. The molecule has 6 heteroatoms. The number of aryl methyl sites for hydroxylation is 1. The van der Waals surface area contributed by atoms with Crippen LogP contribution in [-0.2, 0) is 11.3 Å². The van der Waals surface area contributed by atoms with Crippen molar-refractivity contribution in [1.82, 2.24) is 15.1 Å². The van der Waals surface area contributed by atoms with Crippen molar-refractivity contribution in [2.24, 2.45) is 5.92 Å². The lowest BCUT2D eigenvalue weighted by Crippen LogP contribution is -2.28. The van der Waals surface area contributed by atoms with Crippen molar-refractivity contribution in [2.75, 3.05) is 11.9 Å². The van der Waals surface area contributed by atoms with Crippen LogP contribution in [0.25, 0.3) is 0 Å². The Morgan fingerprint density at radius 1 is 1.27 bits per heavy atom.